The van der Waals surface area contributed by atoms with Crippen molar-refractivity contribution in [1.29, 1.82) is 0 Å². The van der Waals surface area contributed by atoms with Crippen molar-refractivity contribution in [3.8, 4) is 22.9 Å². The molecule has 0 saturated carbocycles. The fourth-order valence-electron chi connectivity index (χ4n) is 4.20. The van der Waals surface area contributed by atoms with Gasteiger partial charge in [-0.25, -0.2) is 19.9 Å². The molecule has 150 valence electrons. The van der Waals surface area contributed by atoms with Gasteiger partial charge in [-0.1, -0.05) is 30.3 Å². The maximum atomic E-state index is 4.98. The van der Waals surface area contributed by atoms with Crippen LogP contribution in [0.2, 0.25) is 0 Å². The summed E-state index contributed by atoms with van der Waals surface area (Å²) in [5, 5.41) is 8.53. The molecule has 0 aliphatic carbocycles. The molecule has 4 nitrogen and oxygen atoms in total. The highest BCUT2D eigenvalue weighted by molar-refractivity contribution is 7.17. The Morgan fingerprint density at radius 3 is 2.09 bits per heavy atom. The van der Waals surface area contributed by atoms with E-state index in [1.807, 2.05) is 24.4 Å². The Labute approximate surface area is 190 Å². The zero-order valence-electron chi connectivity index (χ0n) is 16.7. The maximum absolute atomic E-state index is 4.98. The summed E-state index contributed by atoms with van der Waals surface area (Å²) >= 11 is 3.44. The summed E-state index contributed by atoms with van der Waals surface area (Å²) < 4.78 is 2.42. The number of fused-ring (bicyclic) bond motifs is 6. The second-order valence-electron chi connectivity index (χ2n) is 7.59. The van der Waals surface area contributed by atoms with Crippen LogP contribution in [0.15, 0.2) is 83.7 Å². The Balaban J connectivity index is 1.56. The first-order valence-electron chi connectivity index (χ1n) is 10.2. The normalized spacial score (nSPS) is 11.8. The number of rotatable bonds is 2. The molecular formula is C26H14N4S2. The smallest absolute Gasteiger partial charge is 0.198 e. The fraction of sp³-hybridized carbons (Fsp3) is 0. The van der Waals surface area contributed by atoms with Crippen molar-refractivity contribution in [3.05, 3.63) is 83.7 Å². The summed E-state index contributed by atoms with van der Waals surface area (Å²) in [5.74, 6) is 1.09. The quantitative estimate of drug-likeness (QED) is 0.279. The summed E-state index contributed by atoms with van der Waals surface area (Å²) in [6.45, 7) is 0. The van der Waals surface area contributed by atoms with E-state index >= 15 is 0 Å². The van der Waals surface area contributed by atoms with E-state index < -0.39 is 0 Å². The third kappa shape index (κ3) is 2.67. The van der Waals surface area contributed by atoms with Crippen molar-refractivity contribution < 1.29 is 0 Å². The second-order valence-corrected chi connectivity index (χ2v) is 9.48. The lowest BCUT2D eigenvalue weighted by molar-refractivity contribution is 1.13. The zero-order valence-corrected chi connectivity index (χ0v) is 18.3. The van der Waals surface area contributed by atoms with Crippen LogP contribution in [0.3, 0.4) is 0 Å². The van der Waals surface area contributed by atoms with E-state index in [9.17, 15) is 0 Å². The molecule has 0 fully saturated rings. The van der Waals surface area contributed by atoms with Crippen molar-refractivity contribution in [2.24, 2.45) is 0 Å². The predicted octanol–water partition coefficient (Wildman–Crippen LogP) is 7.34. The van der Waals surface area contributed by atoms with E-state index in [-0.39, 0.29) is 0 Å². The monoisotopic (exact) mass is 446 g/mol. The predicted molar refractivity (Wildman–Crippen MR) is 134 cm³/mol. The highest BCUT2D eigenvalue weighted by atomic mass is 32.1. The standard InChI is InChI=1S/C26H14N4S2/c1-2-4-15(5-3-1)22-19-7-9-21-18(11-13-32-21)24(19)30-26(29-22)25-27-14-16-6-8-20-17(10-12-31-20)23(16)28-25/h1-14H. The van der Waals surface area contributed by atoms with Crippen LogP contribution >= 0.6 is 22.7 Å². The van der Waals surface area contributed by atoms with Crippen molar-refractivity contribution in [3.63, 3.8) is 0 Å². The number of benzene rings is 3. The molecule has 0 aliphatic rings. The highest BCUT2D eigenvalue weighted by Gasteiger charge is 2.16. The van der Waals surface area contributed by atoms with Crippen molar-refractivity contribution >= 4 is 64.7 Å². The first kappa shape index (κ1) is 17.9. The summed E-state index contributed by atoms with van der Waals surface area (Å²) in [6, 6.07) is 23.0. The minimum Gasteiger partial charge on any atom is -0.233 e. The fourth-order valence-corrected chi connectivity index (χ4v) is 5.78. The third-order valence-corrected chi connectivity index (χ3v) is 7.49. The minimum absolute atomic E-state index is 0.544. The van der Waals surface area contributed by atoms with E-state index in [1.165, 1.54) is 9.40 Å². The first-order chi connectivity index (χ1) is 15.8. The van der Waals surface area contributed by atoms with Crippen LogP contribution < -0.4 is 0 Å². The van der Waals surface area contributed by atoms with Crippen LogP contribution in [0, 0.1) is 0 Å². The summed E-state index contributed by atoms with van der Waals surface area (Å²) in [4.78, 5) is 19.5. The number of aromatic nitrogens is 4. The molecule has 0 saturated heterocycles. The number of thiophene rings is 2. The van der Waals surface area contributed by atoms with Gasteiger partial charge in [-0.3, -0.25) is 0 Å². The van der Waals surface area contributed by atoms with Crippen LogP contribution in [0.25, 0.3) is 64.9 Å². The average molecular weight is 447 g/mol. The lowest BCUT2D eigenvalue weighted by Gasteiger charge is -2.10. The van der Waals surface area contributed by atoms with Gasteiger partial charge < -0.3 is 0 Å². The molecule has 0 amide bonds. The molecule has 6 heteroatoms. The van der Waals surface area contributed by atoms with Gasteiger partial charge in [0, 0.05) is 42.7 Å². The number of hydrogen-bond donors (Lipinski definition) is 0. The van der Waals surface area contributed by atoms with Crippen molar-refractivity contribution in [1.82, 2.24) is 19.9 Å². The van der Waals surface area contributed by atoms with E-state index in [0.29, 0.717) is 11.6 Å². The average Bonchev–Trinajstić information content (AvgIpc) is 3.53. The molecule has 7 rings (SSSR count). The van der Waals surface area contributed by atoms with E-state index in [1.54, 1.807) is 22.7 Å². The van der Waals surface area contributed by atoms with Gasteiger partial charge in [0.15, 0.2) is 11.6 Å². The summed E-state index contributed by atoms with van der Waals surface area (Å²) in [6.07, 6.45) is 1.87. The molecule has 0 unspecified atom stereocenters. The molecule has 0 atom stereocenters. The molecule has 4 heterocycles. The van der Waals surface area contributed by atoms with Crippen LogP contribution in [-0.2, 0) is 0 Å². The van der Waals surface area contributed by atoms with Gasteiger partial charge >= 0.3 is 0 Å². The molecule has 0 radical (unpaired) electrons. The Morgan fingerprint density at radius 1 is 0.562 bits per heavy atom. The van der Waals surface area contributed by atoms with Crippen LogP contribution in [0.1, 0.15) is 0 Å². The van der Waals surface area contributed by atoms with E-state index in [2.05, 4.69) is 64.3 Å². The molecule has 3 aromatic carbocycles. The minimum atomic E-state index is 0.544. The summed E-state index contributed by atoms with van der Waals surface area (Å²) in [7, 11) is 0. The van der Waals surface area contributed by atoms with Crippen LogP contribution in [-0.4, -0.2) is 19.9 Å². The third-order valence-electron chi connectivity index (χ3n) is 5.73. The summed E-state index contributed by atoms with van der Waals surface area (Å²) in [5.41, 5.74) is 3.82. The van der Waals surface area contributed by atoms with E-state index in [0.717, 1.165) is 43.8 Å². The molecule has 0 spiro atoms. The number of nitrogens with zero attached hydrogens (tertiary/aromatic N) is 4. The van der Waals surface area contributed by atoms with Crippen LogP contribution in [0.5, 0.6) is 0 Å². The molecule has 0 aliphatic heterocycles. The largest absolute Gasteiger partial charge is 0.233 e. The van der Waals surface area contributed by atoms with Gasteiger partial charge in [-0.05, 0) is 47.2 Å². The zero-order chi connectivity index (χ0) is 21.1. The first-order valence-corrected chi connectivity index (χ1v) is 12.0. The molecule has 32 heavy (non-hydrogen) atoms. The van der Waals surface area contributed by atoms with Crippen molar-refractivity contribution in [2.75, 3.05) is 0 Å². The molecule has 0 bridgehead atoms. The Morgan fingerprint density at radius 2 is 1.28 bits per heavy atom. The SMILES string of the molecule is c1ccc(-c2nc(-c3ncc4ccc5sccc5c4n3)nc3c2ccc2sccc23)cc1. The molecule has 7 aromatic rings. The topological polar surface area (TPSA) is 51.6 Å². The maximum Gasteiger partial charge on any atom is 0.198 e. The lowest BCUT2D eigenvalue weighted by Crippen LogP contribution is -1.99. The van der Waals surface area contributed by atoms with Crippen molar-refractivity contribution in [2.45, 2.75) is 0 Å². The van der Waals surface area contributed by atoms with Gasteiger partial charge in [-0.15, -0.1) is 22.7 Å². The molecule has 4 aromatic heterocycles. The van der Waals surface area contributed by atoms with Gasteiger partial charge in [0.2, 0.25) is 0 Å². The second kappa shape index (κ2) is 6.88. The van der Waals surface area contributed by atoms with E-state index in [4.69, 9.17) is 15.0 Å². The van der Waals surface area contributed by atoms with Gasteiger partial charge in [0.25, 0.3) is 0 Å². The molecule has 0 N–H and O–H groups in total. The lowest BCUT2D eigenvalue weighted by atomic mass is 10.0. The van der Waals surface area contributed by atoms with Gasteiger partial charge in [0.05, 0.1) is 16.7 Å². The Hall–Kier alpha value is -3.74. The molecular weight excluding hydrogens is 432 g/mol. The van der Waals surface area contributed by atoms with Gasteiger partial charge in [-0.2, -0.15) is 0 Å². The Kier molecular flexibility index (Phi) is 3.85. The van der Waals surface area contributed by atoms with Gasteiger partial charge in [0.1, 0.15) is 0 Å². The number of hydrogen-bond acceptors (Lipinski definition) is 6. The Bertz CT molecular complexity index is 1780. The highest BCUT2D eigenvalue weighted by Crippen LogP contribution is 2.35. The van der Waals surface area contributed by atoms with Crippen LogP contribution in [0.4, 0.5) is 0 Å².